The number of carboxylic acids is 1. The van der Waals surface area contributed by atoms with Gasteiger partial charge in [-0.3, -0.25) is 4.79 Å². The largest absolute Gasteiger partial charge is 0.481 e. The van der Waals surface area contributed by atoms with Crippen molar-refractivity contribution in [3.8, 4) is 0 Å². The molecule has 7 heteroatoms. The average molecular weight is 324 g/mol. The molecule has 0 unspecified atom stereocenters. The van der Waals surface area contributed by atoms with E-state index in [-0.39, 0.29) is 5.75 Å². The first kappa shape index (κ1) is 14.4. The Morgan fingerprint density at radius 3 is 2.67 bits per heavy atom. The molecule has 21 heavy (non-hydrogen) atoms. The normalized spacial score (nSPS) is 14.3. The van der Waals surface area contributed by atoms with Crippen LogP contribution in [0.3, 0.4) is 0 Å². The fourth-order valence-electron chi connectivity index (χ4n) is 2.10. The lowest BCUT2D eigenvalue weighted by molar-refractivity contribution is -0.133. The van der Waals surface area contributed by atoms with Crippen LogP contribution in [0.5, 0.6) is 0 Å². The SMILES string of the molecule is O=C(O)CSc1nnc(C2CC2)n1Cc1ccc(Cl)cc1. The summed E-state index contributed by atoms with van der Waals surface area (Å²) in [4.78, 5) is 10.7. The van der Waals surface area contributed by atoms with E-state index < -0.39 is 5.97 Å². The van der Waals surface area contributed by atoms with Gasteiger partial charge in [-0.2, -0.15) is 0 Å². The number of carbonyl (C=O) groups is 1. The molecule has 5 nitrogen and oxygen atoms in total. The number of benzene rings is 1. The van der Waals surface area contributed by atoms with E-state index in [1.165, 1.54) is 11.8 Å². The van der Waals surface area contributed by atoms with Crippen molar-refractivity contribution >= 4 is 29.3 Å². The van der Waals surface area contributed by atoms with E-state index in [4.69, 9.17) is 16.7 Å². The number of hydrogen-bond donors (Lipinski definition) is 1. The van der Waals surface area contributed by atoms with Crippen LogP contribution in [0, 0.1) is 0 Å². The maximum atomic E-state index is 10.7. The van der Waals surface area contributed by atoms with Crippen LogP contribution < -0.4 is 0 Å². The molecule has 110 valence electrons. The van der Waals surface area contributed by atoms with Gasteiger partial charge in [-0.15, -0.1) is 10.2 Å². The molecule has 0 atom stereocenters. The first-order chi connectivity index (χ1) is 10.1. The second-order valence-electron chi connectivity index (χ2n) is 5.01. The number of thioether (sulfide) groups is 1. The minimum atomic E-state index is -0.853. The van der Waals surface area contributed by atoms with Crippen molar-refractivity contribution in [2.24, 2.45) is 0 Å². The van der Waals surface area contributed by atoms with Gasteiger partial charge in [0.1, 0.15) is 5.82 Å². The Morgan fingerprint density at radius 1 is 1.33 bits per heavy atom. The smallest absolute Gasteiger partial charge is 0.313 e. The van der Waals surface area contributed by atoms with E-state index in [0.717, 1.165) is 24.2 Å². The Bertz CT molecular complexity index is 653. The summed E-state index contributed by atoms with van der Waals surface area (Å²) < 4.78 is 2.02. The molecule has 1 aliphatic rings. The zero-order valence-electron chi connectivity index (χ0n) is 11.2. The summed E-state index contributed by atoms with van der Waals surface area (Å²) in [6.45, 7) is 0.637. The van der Waals surface area contributed by atoms with Crippen molar-refractivity contribution < 1.29 is 9.90 Å². The van der Waals surface area contributed by atoms with E-state index in [1.54, 1.807) is 0 Å². The first-order valence-corrected chi connectivity index (χ1v) is 8.02. The zero-order valence-corrected chi connectivity index (χ0v) is 12.8. The molecule has 1 heterocycles. The van der Waals surface area contributed by atoms with Crippen LogP contribution in [0.25, 0.3) is 0 Å². The van der Waals surface area contributed by atoms with Gasteiger partial charge in [-0.25, -0.2) is 0 Å². The van der Waals surface area contributed by atoms with Gasteiger partial charge in [-0.1, -0.05) is 35.5 Å². The molecule has 0 amide bonds. The molecule has 1 fully saturated rings. The second kappa shape index (κ2) is 6.07. The lowest BCUT2D eigenvalue weighted by Crippen LogP contribution is -2.07. The van der Waals surface area contributed by atoms with Crippen LogP contribution in [-0.2, 0) is 11.3 Å². The number of halogens is 1. The summed E-state index contributed by atoms with van der Waals surface area (Å²) >= 11 is 7.11. The van der Waals surface area contributed by atoms with Crippen LogP contribution in [0.2, 0.25) is 5.02 Å². The Hall–Kier alpha value is -1.53. The van der Waals surface area contributed by atoms with Gasteiger partial charge in [0.2, 0.25) is 0 Å². The van der Waals surface area contributed by atoms with Gasteiger partial charge in [0.15, 0.2) is 5.16 Å². The van der Waals surface area contributed by atoms with Crippen molar-refractivity contribution in [1.29, 1.82) is 0 Å². The molecule has 1 N–H and O–H groups in total. The molecule has 0 spiro atoms. The Kier molecular flexibility index (Phi) is 4.17. The van der Waals surface area contributed by atoms with Crippen molar-refractivity contribution in [2.75, 3.05) is 5.75 Å². The summed E-state index contributed by atoms with van der Waals surface area (Å²) in [7, 11) is 0. The summed E-state index contributed by atoms with van der Waals surface area (Å²) in [5.74, 6) is 0.555. The minimum Gasteiger partial charge on any atom is -0.481 e. The van der Waals surface area contributed by atoms with Crippen LogP contribution >= 0.6 is 23.4 Å². The number of hydrogen-bond acceptors (Lipinski definition) is 4. The lowest BCUT2D eigenvalue weighted by atomic mass is 10.2. The van der Waals surface area contributed by atoms with Gasteiger partial charge in [0.25, 0.3) is 0 Å². The molecule has 1 aliphatic carbocycles. The summed E-state index contributed by atoms with van der Waals surface area (Å²) in [6.07, 6.45) is 2.25. The molecular formula is C14H14ClN3O2S. The zero-order chi connectivity index (χ0) is 14.8. The standard InChI is InChI=1S/C14H14ClN3O2S/c15-11-5-1-9(2-6-11)7-18-13(10-3-4-10)16-17-14(18)21-8-12(19)20/h1-2,5-6,10H,3-4,7-8H2,(H,19,20). The van der Waals surface area contributed by atoms with Gasteiger partial charge in [0.05, 0.1) is 12.3 Å². The molecule has 0 radical (unpaired) electrons. The van der Waals surface area contributed by atoms with Gasteiger partial charge < -0.3 is 9.67 Å². The van der Waals surface area contributed by atoms with Crippen molar-refractivity contribution in [2.45, 2.75) is 30.5 Å². The number of nitrogens with zero attached hydrogens (tertiary/aromatic N) is 3. The van der Waals surface area contributed by atoms with Gasteiger partial charge >= 0.3 is 5.97 Å². The van der Waals surface area contributed by atoms with Gasteiger partial charge in [0, 0.05) is 10.9 Å². The van der Waals surface area contributed by atoms with E-state index in [9.17, 15) is 4.79 Å². The molecule has 0 saturated heterocycles. The van der Waals surface area contributed by atoms with Crippen molar-refractivity contribution in [3.05, 3.63) is 40.7 Å². The highest BCUT2D eigenvalue weighted by molar-refractivity contribution is 7.99. The maximum Gasteiger partial charge on any atom is 0.313 e. The van der Waals surface area contributed by atoms with E-state index >= 15 is 0 Å². The van der Waals surface area contributed by atoms with Crippen LogP contribution in [0.1, 0.15) is 30.1 Å². The molecular weight excluding hydrogens is 310 g/mol. The Morgan fingerprint density at radius 2 is 2.05 bits per heavy atom. The number of aromatic nitrogens is 3. The number of aliphatic carboxylic acids is 1. The third kappa shape index (κ3) is 3.57. The maximum absolute atomic E-state index is 10.7. The molecule has 0 aliphatic heterocycles. The third-order valence-corrected chi connectivity index (χ3v) is 4.47. The monoisotopic (exact) mass is 323 g/mol. The molecule has 1 aromatic carbocycles. The van der Waals surface area contributed by atoms with Crippen LogP contribution in [0.15, 0.2) is 29.4 Å². The summed E-state index contributed by atoms with van der Waals surface area (Å²) in [5, 5.41) is 18.6. The number of rotatable bonds is 6. The van der Waals surface area contributed by atoms with Crippen molar-refractivity contribution in [1.82, 2.24) is 14.8 Å². The number of carboxylic acid groups (broad SMARTS) is 1. The second-order valence-corrected chi connectivity index (χ2v) is 6.39. The molecule has 1 saturated carbocycles. The van der Waals surface area contributed by atoms with E-state index in [2.05, 4.69) is 10.2 Å². The molecule has 3 rings (SSSR count). The van der Waals surface area contributed by atoms with Crippen LogP contribution in [-0.4, -0.2) is 31.6 Å². The highest BCUT2D eigenvalue weighted by atomic mass is 35.5. The fourth-order valence-corrected chi connectivity index (χ4v) is 2.89. The predicted octanol–water partition coefficient (Wildman–Crippen LogP) is 3.03. The average Bonchev–Trinajstić information content (AvgIpc) is 3.22. The van der Waals surface area contributed by atoms with Gasteiger partial charge in [-0.05, 0) is 30.5 Å². The Labute approximate surface area is 131 Å². The first-order valence-electron chi connectivity index (χ1n) is 6.65. The summed E-state index contributed by atoms with van der Waals surface area (Å²) in [6, 6.07) is 7.62. The molecule has 1 aromatic heterocycles. The predicted molar refractivity (Wildman–Crippen MR) is 80.9 cm³/mol. The summed E-state index contributed by atoms with van der Waals surface area (Å²) in [5.41, 5.74) is 1.10. The third-order valence-electron chi connectivity index (χ3n) is 3.27. The topological polar surface area (TPSA) is 68.0 Å². The van der Waals surface area contributed by atoms with Crippen LogP contribution in [0.4, 0.5) is 0 Å². The highest BCUT2D eigenvalue weighted by Crippen LogP contribution is 2.40. The fraction of sp³-hybridized carbons (Fsp3) is 0.357. The minimum absolute atomic E-state index is 0.0105. The molecule has 0 bridgehead atoms. The molecule has 2 aromatic rings. The lowest BCUT2D eigenvalue weighted by Gasteiger charge is -2.09. The quantitative estimate of drug-likeness (QED) is 0.828. The Balaban J connectivity index is 1.84. The highest BCUT2D eigenvalue weighted by Gasteiger charge is 2.30. The van der Waals surface area contributed by atoms with E-state index in [0.29, 0.717) is 22.6 Å². The van der Waals surface area contributed by atoms with Crippen molar-refractivity contribution in [3.63, 3.8) is 0 Å². The van der Waals surface area contributed by atoms with E-state index in [1.807, 2.05) is 28.8 Å².